The van der Waals surface area contributed by atoms with Gasteiger partial charge < -0.3 is 5.73 Å². The lowest BCUT2D eigenvalue weighted by molar-refractivity contribution is 0.596. The highest BCUT2D eigenvalue weighted by molar-refractivity contribution is 5.78. The first kappa shape index (κ1) is 11.8. The van der Waals surface area contributed by atoms with E-state index < -0.39 is 0 Å². The minimum Gasteiger partial charge on any atom is -0.399 e. The van der Waals surface area contributed by atoms with Crippen LogP contribution in [0.3, 0.4) is 0 Å². The van der Waals surface area contributed by atoms with Crippen molar-refractivity contribution < 1.29 is 0 Å². The molecule has 0 radical (unpaired) electrons. The lowest BCUT2D eigenvalue weighted by Crippen LogP contribution is -2.01. The van der Waals surface area contributed by atoms with Crippen LogP contribution in [0.15, 0.2) is 54.7 Å². The number of nitrogens with two attached hydrogens (primary N) is 1. The van der Waals surface area contributed by atoms with Crippen molar-refractivity contribution >= 4 is 16.6 Å². The summed E-state index contributed by atoms with van der Waals surface area (Å²) in [5.41, 5.74) is 9.03. The Bertz CT molecular complexity index is 668. The normalized spacial score (nSPS) is 10.9. The van der Waals surface area contributed by atoms with Crippen LogP contribution in [0.1, 0.15) is 12.0 Å². The van der Waals surface area contributed by atoms with Crippen LogP contribution in [-0.2, 0) is 13.0 Å². The molecule has 0 aliphatic carbocycles. The number of nitrogens with zero attached hydrogens (tertiary/aromatic N) is 2. The van der Waals surface area contributed by atoms with Crippen molar-refractivity contribution in [2.24, 2.45) is 0 Å². The molecule has 19 heavy (non-hydrogen) atoms. The number of nitrogen functional groups attached to an aromatic ring is 1. The van der Waals surface area contributed by atoms with Crippen LogP contribution in [-0.4, -0.2) is 9.78 Å². The molecule has 96 valence electrons. The molecule has 0 bridgehead atoms. The van der Waals surface area contributed by atoms with Crippen LogP contribution in [0.5, 0.6) is 0 Å². The quantitative estimate of drug-likeness (QED) is 0.723. The van der Waals surface area contributed by atoms with Gasteiger partial charge in [0.2, 0.25) is 0 Å². The minimum atomic E-state index is 0.821. The fourth-order valence-corrected chi connectivity index (χ4v) is 2.32. The molecule has 3 heteroatoms. The predicted molar refractivity (Wildman–Crippen MR) is 78.9 cm³/mol. The molecule has 1 heterocycles. The first-order valence-corrected chi connectivity index (χ1v) is 6.58. The molecule has 3 aromatic rings. The van der Waals surface area contributed by atoms with Crippen molar-refractivity contribution in [3.63, 3.8) is 0 Å². The molecule has 0 aliphatic rings. The Morgan fingerprint density at radius 3 is 2.63 bits per heavy atom. The van der Waals surface area contributed by atoms with Crippen molar-refractivity contribution in [2.45, 2.75) is 19.4 Å². The number of rotatable bonds is 4. The molecule has 0 spiro atoms. The van der Waals surface area contributed by atoms with E-state index >= 15 is 0 Å². The van der Waals surface area contributed by atoms with E-state index in [1.807, 2.05) is 24.4 Å². The van der Waals surface area contributed by atoms with Crippen LogP contribution in [0.4, 0.5) is 5.69 Å². The van der Waals surface area contributed by atoms with Gasteiger partial charge >= 0.3 is 0 Å². The minimum absolute atomic E-state index is 0.821. The zero-order valence-corrected chi connectivity index (χ0v) is 10.8. The van der Waals surface area contributed by atoms with E-state index in [9.17, 15) is 0 Å². The average molecular weight is 251 g/mol. The molecule has 2 aromatic carbocycles. The van der Waals surface area contributed by atoms with E-state index in [0.29, 0.717) is 0 Å². The van der Waals surface area contributed by atoms with E-state index in [4.69, 9.17) is 5.73 Å². The number of fused-ring (bicyclic) bond motifs is 1. The zero-order valence-electron chi connectivity index (χ0n) is 10.8. The number of para-hydroxylation sites is 1. The van der Waals surface area contributed by atoms with Crippen LogP contribution in [0, 0.1) is 0 Å². The van der Waals surface area contributed by atoms with Gasteiger partial charge in [-0.3, -0.25) is 4.68 Å². The molecule has 0 amide bonds. The van der Waals surface area contributed by atoms with Gasteiger partial charge in [-0.25, -0.2) is 0 Å². The SMILES string of the molecule is Nc1ccc(CCCn2ncc3ccccc32)cc1. The highest BCUT2D eigenvalue weighted by atomic mass is 15.3. The molecule has 0 saturated carbocycles. The van der Waals surface area contributed by atoms with Crippen molar-refractivity contribution in [1.29, 1.82) is 0 Å². The third-order valence-electron chi connectivity index (χ3n) is 3.37. The van der Waals surface area contributed by atoms with Crippen LogP contribution in [0.25, 0.3) is 10.9 Å². The lowest BCUT2D eigenvalue weighted by Gasteiger charge is -2.04. The Kier molecular flexibility index (Phi) is 3.19. The Morgan fingerprint density at radius 1 is 1.00 bits per heavy atom. The molecule has 0 fully saturated rings. The first-order chi connectivity index (χ1) is 9.33. The van der Waals surface area contributed by atoms with Crippen molar-refractivity contribution in [2.75, 3.05) is 5.73 Å². The third-order valence-corrected chi connectivity index (χ3v) is 3.37. The first-order valence-electron chi connectivity index (χ1n) is 6.58. The van der Waals surface area contributed by atoms with Gasteiger partial charge in [0.05, 0.1) is 11.7 Å². The van der Waals surface area contributed by atoms with Crippen LogP contribution in [0.2, 0.25) is 0 Å². The van der Waals surface area contributed by atoms with Crippen LogP contribution >= 0.6 is 0 Å². The monoisotopic (exact) mass is 251 g/mol. The Balaban J connectivity index is 1.65. The summed E-state index contributed by atoms with van der Waals surface area (Å²) in [5.74, 6) is 0. The summed E-state index contributed by atoms with van der Waals surface area (Å²) < 4.78 is 2.08. The molecular weight excluding hydrogens is 234 g/mol. The van der Waals surface area contributed by atoms with E-state index in [1.165, 1.54) is 16.5 Å². The van der Waals surface area contributed by atoms with Gasteiger partial charge in [-0.1, -0.05) is 30.3 Å². The largest absolute Gasteiger partial charge is 0.399 e. The molecule has 2 N–H and O–H groups in total. The van der Waals surface area contributed by atoms with Crippen LogP contribution < -0.4 is 5.73 Å². The maximum absolute atomic E-state index is 5.68. The molecule has 0 saturated heterocycles. The standard InChI is InChI=1S/C16H17N3/c17-15-9-7-13(8-10-15)4-3-11-19-16-6-2-1-5-14(16)12-18-19/h1-2,5-10,12H,3-4,11,17H2. The third kappa shape index (κ3) is 2.60. The maximum atomic E-state index is 5.68. The number of aromatic nitrogens is 2. The summed E-state index contributed by atoms with van der Waals surface area (Å²) in [5, 5.41) is 5.64. The topological polar surface area (TPSA) is 43.8 Å². The van der Waals surface area contributed by atoms with Crippen molar-refractivity contribution in [3.8, 4) is 0 Å². The van der Waals surface area contributed by atoms with Gasteiger partial charge in [-0.05, 0) is 36.6 Å². The van der Waals surface area contributed by atoms with Crippen molar-refractivity contribution in [3.05, 3.63) is 60.3 Å². The predicted octanol–water partition coefficient (Wildman–Crippen LogP) is 3.25. The summed E-state index contributed by atoms with van der Waals surface area (Å²) >= 11 is 0. The number of anilines is 1. The number of hydrogen-bond acceptors (Lipinski definition) is 2. The van der Waals surface area contributed by atoms with Gasteiger partial charge in [0, 0.05) is 17.6 Å². The van der Waals surface area contributed by atoms with Gasteiger partial charge in [0.1, 0.15) is 0 Å². The Labute approximate surface area is 112 Å². The molecule has 0 unspecified atom stereocenters. The summed E-state index contributed by atoms with van der Waals surface area (Å²) in [6.45, 7) is 0.942. The number of benzene rings is 2. The molecule has 3 nitrogen and oxygen atoms in total. The lowest BCUT2D eigenvalue weighted by atomic mass is 10.1. The maximum Gasteiger partial charge on any atom is 0.0682 e. The van der Waals surface area contributed by atoms with E-state index in [2.05, 4.69) is 40.1 Å². The Hall–Kier alpha value is -2.29. The van der Waals surface area contributed by atoms with Gasteiger partial charge in [-0.2, -0.15) is 5.10 Å². The molecule has 0 aliphatic heterocycles. The smallest absolute Gasteiger partial charge is 0.0682 e. The summed E-state index contributed by atoms with van der Waals surface area (Å²) in [7, 11) is 0. The van der Waals surface area contributed by atoms with E-state index in [-0.39, 0.29) is 0 Å². The molecule has 1 aromatic heterocycles. The fourth-order valence-electron chi connectivity index (χ4n) is 2.32. The summed E-state index contributed by atoms with van der Waals surface area (Å²) in [6.07, 6.45) is 4.06. The van der Waals surface area contributed by atoms with E-state index in [0.717, 1.165) is 25.1 Å². The second kappa shape index (κ2) is 5.14. The number of aryl methyl sites for hydroxylation is 2. The van der Waals surface area contributed by atoms with Gasteiger partial charge in [0.15, 0.2) is 0 Å². The summed E-state index contributed by atoms with van der Waals surface area (Å²) in [4.78, 5) is 0. The molecule has 0 atom stereocenters. The Morgan fingerprint density at radius 2 is 1.79 bits per heavy atom. The zero-order chi connectivity index (χ0) is 13.1. The highest BCUT2D eigenvalue weighted by Gasteiger charge is 2.01. The summed E-state index contributed by atoms with van der Waals surface area (Å²) in [6, 6.07) is 16.4. The molecular formula is C16H17N3. The highest BCUT2D eigenvalue weighted by Crippen LogP contribution is 2.14. The average Bonchev–Trinajstić information content (AvgIpc) is 2.85. The number of hydrogen-bond donors (Lipinski definition) is 1. The van der Waals surface area contributed by atoms with Gasteiger partial charge in [0.25, 0.3) is 0 Å². The second-order valence-corrected chi connectivity index (χ2v) is 4.77. The van der Waals surface area contributed by atoms with Crippen molar-refractivity contribution in [1.82, 2.24) is 9.78 Å². The fraction of sp³-hybridized carbons (Fsp3) is 0.188. The molecule has 3 rings (SSSR count). The van der Waals surface area contributed by atoms with E-state index in [1.54, 1.807) is 0 Å². The van der Waals surface area contributed by atoms with Gasteiger partial charge in [-0.15, -0.1) is 0 Å². The second-order valence-electron chi connectivity index (χ2n) is 4.77.